The summed E-state index contributed by atoms with van der Waals surface area (Å²) in [6, 6.07) is 1.12. The van der Waals surface area contributed by atoms with Gasteiger partial charge in [0.1, 0.15) is 0 Å². The van der Waals surface area contributed by atoms with Crippen molar-refractivity contribution in [1.29, 1.82) is 0 Å². The molecule has 0 amide bonds. The number of methoxy groups -OCH3 is 1. The highest BCUT2D eigenvalue weighted by Crippen LogP contribution is 2.24. The van der Waals surface area contributed by atoms with Crippen molar-refractivity contribution in [3.63, 3.8) is 0 Å². The molecule has 1 rings (SSSR count). The lowest BCUT2D eigenvalue weighted by molar-refractivity contribution is 0.146. The van der Waals surface area contributed by atoms with Crippen LogP contribution in [0, 0.1) is 0 Å². The molecule has 0 radical (unpaired) electrons. The molecular weight excluding hydrogens is 168 g/mol. The van der Waals surface area contributed by atoms with Crippen molar-refractivity contribution in [2.24, 2.45) is 0 Å². The number of alkyl halides is 2. The van der Waals surface area contributed by atoms with Crippen molar-refractivity contribution in [1.82, 2.24) is 4.98 Å². The predicted molar refractivity (Wildman–Crippen MR) is 38.6 cm³/mol. The maximum atomic E-state index is 12.2. The van der Waals surface area contributed by atoms with Gasteiger partial charge in [0, 0.05) is 6.20 Å². The second-order valence-corrected chi connectivity index (χ2v) is 2.10. The van der Waals surface area contributed by atoms with Gasteiger partial charge in [-0.15, -0.1) is 0 Å². The van der Waals surface area contributed by atoms with Crippen molar-refractivity contribution in [3.8, 4) is 5.75 Å². The number of aromatic nitrogens is 1. The molecule has 66 valence electrons. The van der Waals surface area contributed by atoms with Crippen LogP contribution in [-0.4, -0.2) is 12.1 Å². The molecule has 0 atom stereocenters. The standard InChI is InChI=1S/C7H7F2NO2/c1-12-5-4(6(8)9)2-3-10-7(5)11/h2-3,6H,1H3,(H,10,11). The van der Waals surface area contributed by atoms with Crippen LogP contribution < -0.4 is 10.3 Å². The number of halogens is 2. The summed E-state index contributed by atoms with van der Waals surface area (Å²) in [7, 11) is 1.18. The zero-order valence-electron chi connectivity index (χ0n) is 6.30. The van der Waals surface area contributed by atoms with E-state index in [2.05, 4.69) is 9.72 Å². The minimum Gasteiger partial charge on any atom is -0.491 e. The molecule has 12 heavy (non-hydrogen) atoms. The van der Waals surface area contributed by atoms with E-state index in [1.165, 1.54) is 7.11 Å². The van der Waals surface area contributed by atoms with Gasteiger partial charge in [0.15, 0.2) is 5.75 Å². The number of ether oxygens (including phenoxy) is 1. The molecule has 0 saturated heterocycles. The number of aromatic amines is 1. The summed E-state index contributed by atoms with van der Waals surface area (Å²) < 4.78 is 28.8. The number of pyridine rings is 1. The van der Waals surface area contributed by atoms with E-state index in [9.17, 15) is 13.6 Å². The fraction of sp³-hybridized carbons (Fsp3) is 0.286. The highest BCUT2D eigenvalue weighted by Gasteiger charge is 2.15. The number of hydrogen-bond acceptors (Lipinski definition) is 2. The van der Waals surface area contributed by atoms with E-state index < -0.39 is 12.0 Å². The molecule has 1 N–H and O–H groups in total. The van der Waals surface area contributed by atoms with Crippen LogP contribution in [0.15, 0.2) is 17.1 Å². The van der Waals surface area contributed by atoms with Gasteiger partial charge in [-0.2, -0.15) is 0 Å². The highest BCUT2D eigenvalue weighted by molar-refractivity contribution is 5.30. The van der Waals surface area contributed by atoms with Gasteiger partial charge in [0.05, 0.1) is 12.7 Å². The second kappa shape index (κ2) is 3.34. The maximum absolute atomic E-state index is 12.2. The Bertz CT molecular complexity index is 321. The molecule has 0 saturated carbocycles. The molecule has 1 aromatic rings. The Morgan fingerprint density at radius 3 is 2.67 bits per heavy atom. The van der Waals surface area contributed by atoms with Crippen LogP contribution in [0.2, 0.25) is 0 Å². The normalized spacial score (nSPS) is 10.3. The lowest BCUT2D eigenvalue weighted by Crippen LogP contribution is -2.11. The minimum atomic E-state index is -2.69. The molecule has 0 aliphatic carbocycles. The Labute approximate surface area is 67.0 Å². The Kier molecular flexibility index (Phi) is 2.42. The first kappa shape index (κ1) is 8.70. The second-order valence-electron chi connectivity index (χ2n) is 2.10. The fourth-order valence-corrected chi connectivity index (χ4v) is 0.862. The summed E-state index contributed by atoms with van der Waals surface area (Å²) in [5, 5.41) is 0. The quantitative estimate of drug-likeness (QED) is 0.736. The Balaban J connectivity index is 3.28. The van der Waals surface area contributed by atoms with Crippen LogP contribution in [0.25, 0.3) is 0 Å². The smallest absolute Gasteiger partial charge is 0.290 e. The van der Waals surface area contributed by atoms with Gasteiger partial charge in [-0.1, -0.05) is 0 Å². The summed E-state index contributed by atoms with van der Waals surface area (Å²) in [6.45, 7) is 0. The van der Waals surface area contributed by atoms with E-state index in [4.69, 9.17) is 0 Å². The molecule has 1 heterocycles. The van der Waals surface area contributed by atoms with Gasteiger partial charge in [0.2, 0.25) is 0 Å². The monoisotopic (exact) mass is 175 g/mol. The predicted octanol–water partition coefficient (Wildman–Crippen LogP) is 1.32. The molecule has 3 nitrogen and oxygen atoms in total. The summed E-state index contributed by atoms with van der Waals surface area (Å²) >= 11 is 0. The van der Waals surface area contributed by atoms with Crippen molar-refractivity contribution in [2.75, 3.05) is 7.11 Å². The minimum absolute atomic E-state index is 0.326. The summed E-state index contributed by atoms with van der Waals surface area (Å²) in [4.78, 5) is 13.1. The SMILES string of the molecule is COc1c(C(F)F)cc[nH]c1=O. The average Bonchev–Trinajstić information content (AvgIpc) is 2.03. The van der Waals surface area contributed by atoms with E-state index in [-0.39, 0.29) is 11.3 Å². The van der Waals surface area contributed by atoms with Gasteiger partial charge in [-0.05, 0) is 6.07 Å². The van der Waals surface area contributed by atoms with Crippen LogP contribution in [-0.2, 0) is 0 Å². The van der Waals surface area contributed by atoms with E-state index in [0.29, 0.717) is 0 Å². The third-order valence-corrected chi connectivity index (χ3v) is 1.38. The third-order valence-electron chi connectivity index (χ3n) is 1.38. The molecule has 5 heteroatoms. The van der Waals surface area contributed by atoms with Crippen LogP contribution in [0.5, 0.6) is 5.75 Å². The van der Waals surface area contributed by atoms with Gasteiger partial charge in [-0.25, -0.2) is 8.78 Å². The molecule has 0 unspecified atom stereocenters. The number of hydrogen-bond donors (Lipinski definition) is 1. The fourth-order valence-electron chi connectivity index (χ4n) is 0.862. The first-order valence-corrected chi connectivity index (χ1v) is 3.20. The first-order valence-electron chi connectivity index (χ1n) is 3.20. The van der Waals surface area contributed by atoms with Crippen molar-refractivity contribution in [3.05, 3.63) is 28.2 Å². The zero-order chi connectivity index (χ0) is 9.14. The highest BCUT2D eigenvalue weighted by atomic mass is 19.3. The topological polar surface area (TPSA) is 42.1 Å². The molecule has 1 aromatic heterocycles. The molecular formula is C7H7F2NO2. The molecule has 0 fully saturated rings. The number of H-pyrrole nitrogens is 1. The van der Waals surface area contributed by atoms with Crippen LogP contribution in [0.4, 0.5) is 8.78 Å². The van der Waals surface area contributed by atoms with Crippen LogP contribution in [0.3, 0.4) is 0 Å². The third kappa shape index (κ3) is 1.44. The van der Waals surface area contributed by atoms with Gasteiger partial charge >= 0.3 is 0 Å². The van der Waals surface area contributed by atoms with E-state index >= 15 is 0 Å². The lowest BCUT2D eigenvalue weighted by Gasteiger charge is -2.04. The van der Waals surface area contributed by atoms with Crippen LogP contribution in [0.1, 0.15) is 12.0 Å². The van der Waals surface area contributed by atoms with Crippen molar-refractivity contribution in [2.45, 2.75) is 6.43 Å². The van der Waals surface area contributed by atoms with Crippen molar-refractivity contribution >= 4 is 0 Å². The van der Waals surface area contributed by atoms with Crippen LogP contribution >= 0.6 is 0 Å². The Morgan fingerprint density at radius 1 is 1.58 bits per heavy atom. The average molecular weight is 175 g/mol. The lowest BCUT2D eigenvalue weighted by atomic mass is 10.2. The van der Waals surface area contributed by atoms with Crippen molar-refractivity contribution < 1.29 is 13.5 Å². The van der Waals surface area contributed by atoms with E-state index in [1.807, 2.05) is 0 Å². The Hall–Kier alpha value is -1.39. The molecule has 0 aliphatic heterocycles. The molecule has 0 aromatic carbocycles. The molecule has 0 bridgehead atoms. The summed E-state index contributed by atoms with van der Waals surface area (Å²) in [5.74, 6) is -0.326. The van der Waals surface area contributed by atoms with E-state index in [1.54, 1.807) is 0 Å². The largest absolute Gasteiger partial charge is 0.491 e. The zero-order valence-corrected chi connectivity index (χ0v) is 6.30. The Morgan fingerprint density at radius 2 is 2.25 bits per heavy atom. The molecule has 0 spiro atoms. The number of rotatable bonds is 2. The summed E-state index contributed by atoms with van der Waals surface area (Å²) in [5.41, 5.74) is -1.03. The summed E-state index contributed by atoms with van der Waals surface area (Å²) in [6.07, 6.45) is -1.53. The number of nitrogens with one attached hydrogen (secondary N) is 1. The van der Waals surface area contributed by atoms with Gasteiger partial charge < -0.3 is 9.72 Å². The van der Waals surface area contributed by atoms with Gasteiger partial charge in [0.25, 0.3) is 12.0 Å². The van der Waals surface area contributed by atoms with Gasteiger partial charge in [-0.3, -0.25) is 4.79 Å². The molecule has 0 aliphatic rings. The van der Waals surface area contributed by atoms with E-state index in [0.717, 1.165) is 12.3 Å². The maximum Gasteiger partial charge on any atom is 0.290 e. The first-order chi connectivity index (χ1) is 5.66.